The van der Waals surface area contributed by atoms with Crippen molar-refractivity contribution in [2.45, 2.75) is 22.5 Å². The molecule has 0 spiro atoms. The number of carbonyl (C=O) groups is 4. The number of non-ortho nitro benzene ring substituents is 2. The van der Waals surface area contributed by atoms with E-state index in [1.807, 2.05) is 0 Å². The number of imide groups is 1. The Morgan fingerprint density at radius 3 is 1.62 bits per heavy atom. The van der Waals surface area contributed by atoms with Crippen LogP contribution in [0.25, 0.3) is 0 Å². The number of hydrazine groups is 1. The Hall–Kier alpha value is -3.52. The highest BCUT2D eigenvalue weighted by atomic mass is 79.9. The standard InChI is InChI=1S/C23H18Br2N4O8/c24-18-9-16-17(10-19(18)25)23(33)27(22(16)32)26(21(31)13-3-7-15(8-4-13)29(36)37)11-20(30)12-1-5-14(6-2-12)28(34)35/h1-8,16-19H,9-11H2/t16-,17-,18+,19+/m1/s1. The molecule has 0 unspecified atom stereocenters. The van der Waals surface area contributed by atoms with Crippen molar-refractivity contribution in [1.29, 1.82) is 0 Å². The van der Waals surface area contributed by atoms with Crippen LogP contribution in [0.4, 0.5) is 11.4 Å². The number of hydrogen-bond acceptors (Lipinski definition) is 8. The molecule has 2 aromatic rings. The minimum absolute atomic E-state index is 0.0321. The first-order valence-electron chi connectivity index (χ1n) is 11.0. The maximum absolute atomic E-state index is 13.5. The Morgan fingerprint density at radius 1 is 0.811 bits per heavy atom. The van der Waals surface area contributed by atoms with Gasteiger partial charge in [0, 0.05) is 45.0 Å². The second-order valence-electron chi connectivity index (χ2n) is 8.60. The highest BCUT2D eigenvalue weighted by Gasteiger charge is 2.54. The molecule has 4 rings (SSSR count). The Bertz CT molecular complexity index is 1270. The van der Waals surface area contributed by atoms with E-state index < -0.39 is 51.7 Å². The number of nitro benzene ring substituents is 2. The molecule has 1 aliphatic carbocycles. The summed E-state index contributed by atoms with van der Waals surface area (Å²) >= 11 is 7.00. The van der Waals surface area contributed by atoms with Crippen LogP contribution >= 0.6 is 31.9 Å². The average molecular weight is 638 g/mol. The lowest BCUT2D eigenvalue weighted by Crippen LogP contribution is -2.52. The molecule has 2 aromatic carbocycles. The van der Waals surface area contributed by atoms with Crippen LogP contribution in [-0.4, -0.2) is 59.6 Å². The Kier molecular flexibility index (Phi) is 7.50. The topological polar surface area (TPSA) is 161 Å². The Balaban J connectivity index is 1.68. The van der Waals surface area contributed by atoms with Gasteiger partial charge < -0.3 is 0 Å². The highest BCUT2D eigenvalue weighted by molar-refractivity contribution is 9.12. The van der Waals surface area contributed by atoms with Gasteiger partial charge in [-0.1, -0.05) is 31.9 Å². The van der Waals surface area contributed by atoms with Crippen LogP contribution in [0.3, 0.4) is 0 Å². The molecule has 1 aliphatic heterocycles. The molecule has 12 nitrogen and oxygen atoms in total. The normalized spacial score (nSPS) is 22.9. The third kappa shape index (κ3) is 5.16. The number of amides is 3. The number of ketones is 1. The second kappa shape index (κ2) is 10.5. The maximum Gasteiger partial charge on any atom is 0.273 e. The van der Waals surface area contributed by atoms with Gasteiger partial charge in [0.2, 0.25) is 0 Å². The zero-order chi connectivity index (χ0) is 27.0. The summed E-state index contributed by atoms with van der Waals surface area (Å²) in [6.45, 7) is -0.708. The van der Waals surface area contributed by atoms with Crippen LogP contribution in [0, 0.1) is 32.1 Å². The van der Waals surface area contributed by atoms with Crippen LogP contribution in [-0.2, 0) is 9.59 Å². The second-order valence-corrected chi connectivity index (χ2v) is 11.0. The number of hydrogen-bond donors (Lipinski definition) is 0. The van der Waals surface area contributed by atoms with Crippen molar-refractivity contribution < 1.29 is 29.0 Å². The molecule has 2 aliphatic rings. The summed E-state index contributed by atoms with van der Waals surface area (Å²) in [5.41, 5.74) is -0.548. The van der Waals surface area contributed by atoms with Gasteiger partial charge in [0.15, 0.2) is 5.78 Å². The van der Waals surface area contributed by atoms with E-state index in [4.69, 9.17) is 0 Å². The van der Waals surface area contributed by atoms with Crippen LogP contribution in [0.1, 0.15) is 33.6 Å². The number of fused-ring (bicyclic) bond motifs is 1. The van der Waals surface area contributed by atoms with E-state index in [2.05, 4.69) is 31.9 Å². The van der Waals surface area contributed by atoms with Crippen molar-refractivity contribution in [3.8, 4) is 0 Å². The number of rotatable bonds is 7. The van der Waals surface area contributed by atoms with E-state index in [-0.39, 0.29) is 32.2 Å². The molecule has 1 saturated heterocycles. The van der Waals surface area contributed by atoms with Gasteiger partial charge in [-0.2, -0.15) is 5.01 Å². The lowest BCUT2D eigenvalue weighted by molar-refractivity contribution is -0.385. The molecule has 1 saturated carbocycles. The molecular formula is C23H18Br2N4O8. The van der Waals surface area contributed by atoms with E-state index >= 15 is 0 Å². The molecule has 4 atom stereocenters. The number of Topliss-reactive ketones (excluding diaryl/α,β-unsaturated/α-hetero) is 1. The highest BCUT2D eigenvalue weighted by Crippen LogP contribution is 2.43. The van der Waals surface area contributed by atoms with Gasteiger partial charge in [-0.25, -0.2) is 5.01 Å². The number of carbonyl (C=O) groups excluding carboxylic acids is 4. The summed E-state index contributed by atoms with van der Waals surface area (Å²) in [7, 11) is 0. The first-order valence-corrected chi connectivity index (χ1v) is 12.8. The molecule has 2 fully saturated rings. The summed E-state index contributed by atoms with van der Waals surface area (Å²) in [6.07, 6.45) is 0.690. The molecule has 37 heavy (non-hydrogen) atoms. The predicted molar refractivity (Wildman–Crippen MR) is 135 cm³/mol. The van der Waals surface area contributed by atoms with Crippen molar-refractivity contribution >= 4 is 66.7 Å². The molecule has 3 amide bonds. The summed E-state index contributed by atoms with van der Waals surface area (Å²) in [5, 5.41) is 23.4. The minimum atomic E-state index is -0.878. The van der Waals surface area contributed by atoms with E-state index in [1.165, 1.54) is 24.3 Å². The third-order valence-electron chi connectivity index (χ3n) is 6.38. The van der Waals surface area contributed by atoms with Gasteiger partial charge in [-0.15, -0.1) is 0 Å². The van der Waals surface area contributed by atoms with E-state index in [9.17, 15) is 39.4 Å². The summed E-state index contributed by atoms with van der Waals surface area (Å²) in [6, 6.07) is 9.23. The largest absolute Gasteiger partial charge is 0.292 e. The van der Waals surface area contributed by atoms with Gasteiger partial charge in [0.1, 0.15) is 6.54 Å². The average Bonchev–Trinajstić information content (AvgIpc) is 3.11. The van der Waals surface area contributed by atoms with Crippen molar-refractivity contribution in [2.75, 3.05) is 6.54 Å². The van der Waals surface area contributed by atoms with Gasteiger partial charge in [0.05, 0.1) is 21.7 Å². The lowest BCUT2D eigenvalue weighted by Gasteiger charge is -2.30. The SMILES string of the molecule is O=C(CN(C(=O)c1ccc([N+](=O)[O-])cc1)N1C(=O)[C@@H]2C[C@H](Br)[C@@H](Br)C[C@H]2C1=O)c1ccc([N+](=O)[O-])cc1. The summed E-state index contributed by atoms with van der Waals surface area (Å²) < 4.78 is 0. The zero-order valence-corrected chi connectivity index (χ0v) is 22.0. The minimum Gasteiger partial charge on any atom is -0.292 e. The Morgan fingerprint density at radius 2 is 1.22 bits per heavy atom. The fourth-order valence-electron chi connectivity index (χ4n) is 4.42. The number of nitro groups is 2. The number of alkyl halides is 2. The van der Waals surface area contributed by atoms with Gasteiger partial charge >= 0.3 is 0 Å². The monoisotopic (exact) mass is 636 g/mol. The maximum atomic E-state index is 13.5. The molecule has 0 bridgehead atoms. The first-order chi connectivity index (χ1) is 17.5. The quantitative estimate of drug-likeness (QED) is 0.146. The van der Waals surface area contributed by atoms with E-state index in [0.717, 1.165) is 29.3 Å². The zero-order valence-electron chi connectivity index (χ0n) is 18.9. The summed E-state index contributed by atoms with van der Waals surface area (Å²) in [4.78, 5) is 73.8. The lowest BCUT2D eigenvalue weighted by atomic mass is 9.81. The molecule has 0 N–H and O–H groups in total. The number of halogens is 2. The van der Waals surface area contributed by atoms with Crippen LogP contribution in [0.2, 0.25) is 0 Å². The van der Waals surface area contributed by atoms with Crippen LogP contribution in [0.5, 0.6) is 0 Å². The van der Waals surface area contributed by atoms with E-state index in [1.54, 1.807) is 0 Å². The summed E-state index contributed by atoms with van der Waals surface area (Å²) in [5.74, 6) is -4.16. The van der Waals surface area contributed by atoms with Crippen molar-refractivity contribution in [3.05, 3.63) is 79.9 Å². The number of nitrogens with zero attached hydrogens (tertiary/aromatic N) is 4. The molecule has 192 valence electrons. The smallest absolute Gasteiger partial charge is 0.273 e. The van der Waals surface area contributed by atoms with Crippen LogP contribution < -0.4 is 0 Å². The fraction of sp³-hybridized carbons (Fsp3) is 0.304. The van der Waals surface area contributed by atoms with Gasteiger partial charge in [-0.05, 0) is 37.1 Å². The molecule has 0 radical (unpaired) electrons. The fourth-order valence-corrected chi connectivity index (χ4v) is 5.66. The van der Waals surface area contributed by atoms with Gasteiger partial charge in [0.25, 0.3) is 29.1 Å². The Labute approximate surface area is 226 Å². The first kappa shape index (κ1) is 26.5. The van der Waals surface area contributed by atoms with E-state index in [0.29, 0.717) is 17.9 Å². The molecular weight excluding hydrogens is 620 g/mol. The van der Waals surface area contributed by atoms with Crippen molar-refractivity contribution in [1.82, 2.24) is 10.0 Å². The van der Waals surface area contributed by atoms with Crippen molar-refractivity contribution in [3.63, 3.8) is 0 Å². The molecule has 14 heteroatoms. The molecule has 0 aromatic heterocycles. The molecule has 1 heterocycles. The third-order valence-corrected chi connectivity index (χ3v) is 9.12. The van der Waals surface area contributed by atoms with Crippen molar-refractivity contribution in [2.24, 2.45) is 11.8 Å². The number of benzene rings is 2. The van der Waals surface area contributed by atoms with Gasteiger partial charge in [-0.3, -0.25) is 39.4 Å². The predicted octanol–water partition coefficient (Wildman–Crippen LogP) is 3.67. The van der Waals surface area contributed by atoms with Crippen LogP contribution in [0.15, 0.2) is 48.5 Å².